The molecule has 1 heterocycles. The number of halogens is 1. The molecular weight excluding hydrogens is 439 g/mol. The van der Waals surface area contributed by atoms with Gasteiger partial charge < -0.3 is 20.6 Å². The molecule has 3 N–H and O–H groups in total. The molecule has 140 valence electrons. The zero-order chi connectivity index (χ0) is 16.9. The predicted molar refractivity (Wildman–Crippen MR) is 111 cm³/mol. The van der Waals surface area contributed by atoms with Crippen LogP contribution in [0.4, 0.5) is 0 Å². The Morgan fingerprint density at radius 3 is 2.33 bits per heavy atom. The maximum Gasteiger partial charge on any atom is 0.230 e. The minimum absolute atomic E-state index is 0. The number of hydrogen-bond donors (Lipinski definition) is 3. The summed E-state index contributed by atoms with van der Waals surface area (Å²) < 4.78 is 0. The molecule has 1 aliphatic carbocycles. The highest BCUT2D eigenvalue weighted by Gasteiger charge is 2.42. The van der Waals surface area contributed by atoms with Crippen molar-refractivity contribution < 1.29 is 9.90 Å². The zero-order valence-electron chi connectivity index (χ0n) is 14.9. The van der Waals surface area contributed by atoms with Crippen molar-refractivity contribution in [3.63, 3.8) is 0 Å². The average Bonchev–Trinajstić information content (AvgIpc) is 3.17. The van der Waals surface area contributed by atoms with Crippen molar-refractivity contribution in [1.29, 1.82) is 0 Å². The van der Waals surface area contributed by atoms with E-state index in [1.165, 1.54) is 0 Å². The molecule has 1 saturated carbocycles. The molecule has 0 aromatic heterocycles. The summed E-state index contributed by atoms with van der Waals surface area (Å²) in [7, 11) is 5.36. The Hall–Kier alpha value is -0.220. The van der Waals surface area contributed by atoms with E-state index in [1.54, 1.807) is 23.7 Å². The molecule has 1 unspecified atom stereocenters. The quantitative estimate of drug-likeness (QED) is 0.321. The topological polar surface area (TPSA) is 77.0 Å². The number of aliphatic hydroxyl groups is 1. The zero-order valence-corrected chi connectivity index (χ0v) is 18.1. The van der Waals surface area contributed by atoms with E-state index in [2.05, 4.69) is 15.6 Å². The average molecular weight is 470 g/mol. The lowest BCUT2D eigenvalue weighted by Gasteiger charge is -2.32. The van der Waals surface area contributed by atoms with Gasteiger partial charge in [0.05, 0.1) is 11.0 Å². The van der Waals surface area contributed by atoms with E-state index < -0.39 is 5.60 Å². The lowest BCUT2D eigenvalue weighted by Crippen LogP contribution is -2.51. The van der Waals surface area contributed by atoms with Gasteiger partial charge >= 0.3 is 0 Å². The molecular formula is C16H31IN4O2S. The third kappa shape index (κ3) is 5.39. The van der Waals surface area contributed by atoms with Crippen molar-refractivity contribution in [3.05, 3.63) is 0 Å². The second kappa shape index (κ2) is 9.47. The smallest absolute Gasteiger partial charge is 0.230 e. The molecule has 1 amide bonds. The van der Waals surface area contributed by atoms with Crippen molar-refractivity contribution in [2.75, 3.05) is 45.7 Å². The molecule has 0 aromatic carbocycles. The monoisotopic (exact) mass is 470 g/mol. The largest absolute Gasteiger partial charge is 0.387 e. The number of carbonyl (C=O) groups excluding carboxylic acids is 1. The van der Waals surface area contributed by atoms with E-state index in [-0.39, 0.29) is 35.3 Å². The number of nitrogens with one attached hydrogen (secondary N) is 2. The fourth-order valence-electron chi connectivity index (χ4n) is 3.45. The van der Waals surface area contributed by atoms with Gasteiger partial charge in [0.1, 0.15) is 0 Å². The number of carbonyl (C=O) groups is 1. The normalized spacial score (nSPS) is 25.9. The summed E-state index contributed by atoms with van der Waals surface area (Å²) in [5.41, 5.74) is -0.964. The van der Waals surface area contributed by atoms with Crippen molar-refractivity contribution in [2.45, 2.75) is 37.7 Å². The molecule has 2 aliphatic rings. The molecule has 0 spiro atoms. The van der Waals surface area contributed by atoms with E-state index in [4.69, 9.17) is 0 Å². The summed E-state index contributed by atoms with van der Waals surface area (Å²) in [6, 6.07) is 0. The van der Waals surface area contributed by atoms with Crippen LogP contribution in [0.25, 0.3) is 0 Å². The van der Waals surface area contributed by atoms with Gasteiger partial charge in [0.15, 0.2) is 5.96 Å². The minimum Gasteiger partial charge on any atom is -0.387 e. The summed E-state index contributed by atoms with van der Waals surface area (Å²) in [5, 5.41) is 16.9. The fourth-order valence-corrected chi connectivity index (χ4v) is 4.75. The van der Waals surface area contributed by atoms with Crippen LogP contribution in [0.3, 0.4) is 0 Å². The number of guanidine groups is 1. The molecule has 8 heteroatoms. The van der Waals surface area contributed by atoms with Crippen LogP contribution in [-0.2, 0) is 4.79 Å². The van der Waals surface area contributed by atoms with Gasteiger partial charge in [-0.2, -0.15) is 11.8 Å². The highest BCUT2D eigenvalue weighted by molar-refractivity contribution is 14.0. The van der Waals surface area contributed by atoms with Gasteiger partial charge in [-0.25, -0.2) is 0 Å². The van der Waals surface area contributed by atoms with Crippen LogP contribution >= 0.6 is 35.7 Å². The maximum absolute atomic E-state index is 12.6. The third-order valence-corrected chi connectivity index (χ3v) is 6.14. The Labute approximate surface area is 166 Å². The molecule has 0 bridgehead atoms. The van der Waals surface area contributed by atoms with Crippen LogP contribution in [0.2, 0.25) is 0 Å². The summed E-state index contributed by atoms with van der Waals surface area (Å²) in [6.45, 7) is 1.09. The molecule has 1 saturated heterocycles. The van der Waals surface area contributed by atoms with Crippen molar-refractivity contribution in [3.8, 4) is 0 Å². The second-order valence-electron chi connectivity index (χ2n) is 6.99. The number of hydrogen-bond acceptors (Lipinski definition) is 4. The molecule has 1 atom stereocenters. The second-order valence-corrected chi connectivity index (χ2v) is 8.10. The molecule has 0 radical (unpaired) electrons. The van der Waals surface area contributed by atoms with Crippen molar-refractivity contribution in [1.82, 2.24) is 15.5 Å². The Morgan fingerprint density at radius 2 is 1.83 bits per heavy atom. The SMILES string of the molecule is CN=C(NCC1(O)CCSC1)NCC1(C(=O)N(C)C)CCCC1.I. The van der Waals surface area contributed by atoms with Gasteiger partial charge in [-0.05, 0) is 25.0 Å². The Bertz CT molecular complexity index is 447. The molecule has 2 fully saturated rings. The number of thioether (sulfide) groups is 1. The molecule has 0 aromatic rings. The first-order chi connectivity index (χ1) is 10.9. The highest BCUT2D eigenvalue weighted by atomic mass is 127. The van der Waals surface area contributed by atoms with Gasteiger partial charge in [-0.1, -0.05) is 12.8 Å². The van der Waals surface area contributed by atoms with Gasteiger partial charge in [0, 0.05) is 40.0 Å². The molecule has 2 rings (SSSR count). The first-order valence-electron chi connectivity index (χ1n) is 8.37. The van der Waals surface area contributed by atoms with Crippen LogP contribution < -0.4 is 10.6 Å². The Morgan fingerprint density at radius 1 is 1.21 bits per heavy atom. The lowest BCUT2D eigenvalue weighted by molar-refractivity contribution is -0.138. The number of nitrogens with zero attached hydrogens (tertiary/aromatic N) is 2. The van der Waals surface area contributed by atoms with Gasteiger partial charge in [-0.15, -0.1) is 24.0 Å². The summed E-state index contributed by atoms with van der Waals surface area (Å²) in [5.74, 6) is 2.63. The van der Waals surface area contributed by atoms with E-state index in [9.17, 15) is 9.90 Å². The fraction of sp³-hybridized carbons (Fsp3) is 0.875. The van der Waals surface area contributed by atoms with Crippen LogP contribution in [0.5, 0.6) is 0 Å². The van der Waals surface area contributed by atoms with Gasteiger partial charge in [-0.3, -0.25) is 9.79 Å². The van der Waals surface area contributed by atoms with Crippen LogP contribution in [0, 0.1) is 5.41 Å². The van der Waals surface area contributed by atoms with Crippen molar-refractivity contribution in [2.24, 2.45) is 10.4 Å². The van der Waals surface area contributed by atoms with E-state index in [1.807, 2.05) is 14.1 Å². The third-order valence-electron chi connectivity index (χ3n) is 4.91. The lowest BCUT2D eigenvalue weighted by atomic mass is 9.84. The highest BCUT2D eigenvalue weighted by Crippen LogP contribution is 2.38. The number of amides is 1. The van der Waals surface area contributed by atoms with Crippen LogP contribution in [-0.4, -0.2) is 73.2 Å². The predicted octanol–water partition coefficient (Wildman–Crippen LogP) is 1.29. The van der Waals surface area contributed by atoms with Crippen molar-refractivity contribution >= 4 is 47.6 Å². The van der Waals surface area contributed by atoms with Crippen LogP contribution in [0.15, 0.2) is 4.99 Å². The maximum atomic E-state index is 12.6. The summed E-state index contributed by atoms with van der Waals surface area (Å²) >= 11 is 1.78. The van der Waals surface area contributed by atoms with E-state index >= 15 is 0 Å². The van der Waals surface area contributed by atoms with Gasteiger partial charge in [0.25, 0.3) is 0 Å². The molecule has 24 heavy (non-hydrogen) atoms. The first-order valence-corrected chi connectivity index (χ1v) is 9.53. The Kier molecular flexibility index (Phi) is 8.61. The standard InChI is InChI=1S/C16H30N4O2S.HI/c1-17-14(19-11-16(22)8-9-23-12-16)18-10-15(6-4-5-7-15)13(21)20(2)3;/h22H,4-12H2,1-3H3,(H2,17,18,19);1H. The molecule has 1 aliphatic heterocycles. The summed E-state index contributed by atoms with van der Waals surface area (Å²) in [6.07, 6.45) is 4.86. The number of rotatable bonds is 5. The van der Waals surface area contributed by atoms with E-state index in [0.717, 1.165) is 43.6 Å². The Balaban J connectivity index is 0.00000288. The first kappa shape index (κ1) is 21.8. The molecule has 6 nitrogen and oxygen atoms in total. The number of aliphatic imine (C=N–C) groups is 1. The van der Waals surface area contributed by atoms with Crippen LogP contribution in [0.1, 0.15) is 32.1 Å². The van der Waals surface area contributed by atoms with Gasteiger partial charge in [0.2, 0.25) is 5.91 Å². The minimum atomic E-state index is -0.646. The van der Waals surface area contributed by atoms with E-state index in [0.29, 0.717) is 19.0 Å². The summed E-state index contributed by atoms with van der Waals surface area (Å²) in [4.78, 5) is 18.5.